The number of nitrogens with one attached hydrogen (secondary N) is 2. The Labute approximate surface area is 212 Å². The second-order valence-corrected chi connectivity index (χ2v) is 11.2. The number of nitro groups is 1. The number of hydrazine groups is 1. The third-order valence-electron chi connectivity index (χ3n) is 4.85. The van der Waals surface area contributed by atoms with Crippen molar-refractivity contribution in [2.24, 2.45) is 5.10 Å². The van der Waals surface area contributed by atoms with E-state index in [-0.39, 0.29) is 17.1 Å². The van der Waals surface area contributed by atoms with Crippen molar-refractivity contribution < 1.29 is 36.0 Å². The van der Waals surface area contributed by atoms with Crippen LogP contribution in [0.1, 0.15) is 5.56 Å². The predicted molar refractivity (Wildman–Crippen MR) is 131 cm³/mol. The van der Waals surface area contributed by atoms with Crippen LogP contribution in [0.5, 0.6) is 0 Å². The van der Waals surface area contributed by atoms with E-state index in [0.29, 0.717) is 22.6 Å². The molecule has 3 aromatic carbocycles. The van der Waals surface area contributed by atoms with Crippen LogP contribution in [-0.2, 0) is 20.2 Å². The molecule has 35 heavy (non-hydrogen) atoms. The molecule has 0 fully saturated rings. The molecule has 1 aliphatic heterocycles. The van der Waals surface area contributed by atoms with Gasteiger partial charge in [-0.05, 0) is 70.2 Å². The van der Waals surface area contributed by atoms with Crippen molar-refractivity contribution in [3.05, 3.63) is 86.0 Å². The molecule has 0 saturated heterocycles. The molecule has 0 saturated carbocycles. The fourth-order valence-corrected chi connectivity index (χ4v) is 4.89. The maximum atomic E-state index is 12.0. The van der Waals surface area contributed by atoms with Crippen LogP contribution < -0.4 is 15.7 Å². The fraction of sp³-hybridized carbons (Fsp3) is 0. The molecule has 1 aliphatic rings. The van der Waals surface area contributed by atoms with E-state index in [1.807, 2.05) is 12.1 Å². The van der Waals surface area contributed by atoms with Crippen LogP contribution in [0, 0.1) is 13.7 Å². The van der Waals surface area contributed by atoms with Gasteiger partial charge in [-0.3, -0.25) is 19.2 Å². The third-order valence-corrected chi connectivity index (χ3v) is 7.31. The van der Waals surface area contributed by atoms with Crippen molar-refractivity contribution in [2.45, 2.75) is 9.79 Å². The highest BCUT2D eigenvalue weighted by atomic mass is 127. The maximum Gasteiger partial charge on any atom is 0.295 e. The standard InChI is InChI=1S/C19H14IN5O8S2/c20-12-1-3-13(4-2-12)23-21-19(22-24(23)14-5-7-15(8-6-14)25(26)27)17-10-9-16(34(28,29)30)11-18(17)35(31,32)33/h1-11H,(H,21,22)(H,28,29,30)(H,31,32,33)/p+1. The lowest BCUT2D eigenvalue weighted by atomic mass is 10.2. The molecule has 1 heterocycles. The maximum absolute atomic E-state index is 12.0. The Morgan fingerprint density at radius 3 is 2.11 bits per heavy atom. The summed E-state index contributed by atoms with van der Waals surface area (Å²) < 4.78 is 67.0. The summed E-state index contributed by atoms with van der Waals surface area (Å²) in [5, 5.41) is 17.2. The Balaban J connectivity index is 1.85. The minimum Gasteiger partial charge on any atom is -0.282 e. The van der Waals surface area contributed by atoms with Crippen molar-refractivity contribution in [3.8, 4) is 0 Å². The number of quaternary nitrogens is 1. The van der Waals surface area contributed by atoms with E-state index in [0.717, 1.165) is 15.7 Å². The smallest absolute Gasteiger partial charge is 0.282 e. The molecule has 0 bridgehead atoms. The number of hydrogen-bond acceptors (Lipinski definition) is 9. The number of hydrogen-bond donors (Lipinski definition) is 4. The van der Waals surface area contributed by atoms with Crippen molar-refractivity contribution >= 4 is 65.7 Å². The van der Waals surface area contributed by atoms with Crippen LogP contribution in [0.4, 0.5) is 17.1 Å². The molecule has 4 N–H and O–H groups in total. The summed E-state index contributed by atoms with van der Waals surface area (Å²) in [7, 11) is -9.69. The van der Waals surface area contributed by atoms with E-state index >= 15 is 0 Å². The Kier molecular flexibility index (Phi) is 6.51. The largest absolute Gasteiger partial charge is 0.295 e. The SMILES string of the molecule is O=[N+]([O-])c1ccc(N2NC(c3ccc(S(=O)(=O)O)cc3S(=O)(=O)O)=N[NH+]2c2ccc(I)cc2)cc1. The molecule has 13 nitrogen and oxygen atoms in total. The lowest BCUT2D eigenvalue weighted by Crippen LogP contribution is -3.10. The summed E-state index contributed by atoms with van der Waals surface area (Å²) in [6, 6.07) is 15.3. The zero-order valence-corrected chi connectivity index (χ0v) is 21.0. The van der Waals surface area contributed by atoms with Crippen LogP contribution in [0.2, 0.25) is 0 Å². The number of nitrogens with zero attached hydrogens (tertiary/aromatic N) is 3. The van der Waals surface area contributed by atoms with Crippen molar-refractivity contribution in [2.75, 3.05) is 5.12 Å². The molecular formula is C19H15IN5O8S2+. The first-order valence-corrected chi connectivity index (χ1v) is 13.4. The van der Waals surface area contributed by atoms with Gasteiger partial charge in [0.1, 0.15) is 10.6 Å². The van der Waals surface area contributed by atoms with Gasteiger partial charge in [-0.15, -0.1) is 0 Å². The average molecular weight is 632 g/mol. The number of amidine groups is 1. The zero-order valence-electron chi connectivity index (χ0n) is 17.2. The molecule has 3 aromatic rings. The number of non-ortho nitro benzene ring substituents is 1. The molecule has 4 rings (SSSR count). The first-order chi connectivity index (χ1) is 16.3. The quantitative estimate of drug-likeness (QED) is 0.135. The molecule has 1 atom stereocenters. The first-order valence-electron chi connectivity index (χ1n) is 9.47. The Morgan fingerprint density at radius 1 is 0.943 bits per heavy atom. The van der Waals surface area contributed by atoms with Crippen LogP contribution in [0.25, 0.3) is 0 Å². The van der Waals surface area contributed by atoms with E-state index in [1.54, 1.807) is 12.1 Å². The number of halogens is 1. The molecule has 182 valence electrons. The van der Waals surface area contributed by atoms with Crippen LogP contribution in [0.15, 0.2) is 81.6 Å². The highest BCUT2D eigenvalue weighted by molar-refractivity contribution is 14.1. The predicted octanol–water partition coefficient (Wildman–Crippen LogP) is 1.51. The molecule has 0 radical (unpaired) electrons. The van der Waals surface area contributed by atoms with E-state index in [4.69, 9.17) is 0 Å². The Bertz CT molecular complexity index is 1560. The van der Waals surface area contributed by atoms with Gasteiger partial charge < -0.3 is 0 Å². The van der Waals surface area contributed by atoms with E-state index in [1.165, 1.54) is 29.4 Å². The lowest BCUT2D eigenvalue weighted by molar-refractivity contribution is -0.846. The number of benzene rings is 3. The molecule has 0 spiro atoms. The zero-order chi connectivity index (χ0) is 25.5. The van der Waals surface area contributed by atoms with Gasteiger partial charge in [0.25, 0.3) is 25.9 Å². The third kappa shape index (κ3) is 5.26. The second-order valence-electron chi connectivity index (χ2n) is 7.12. The second kappa shape index (κ2) is 9.13. The van der Waals surface area contributed by atoms with E-state index in [2.05, 4.69) is 33.1 Å². The van der Waals surface area contributed by atoms with Gasteiger partial charge in [0, 0.05) is 33.4 Å². The fourth-order valence-electron chi connectivity index (χ4n) is 3.24. The summed E-state index contributed by atoms with van der Waals surface area (Å²) in [6.07, 6.45) is 0. The molecule has 0 aliphatic carbocycles. The minimum absolute atomic E-state index is 0.0635. The lowest BCUT2D eigenvalue weighted by Gasteiger charge is -2.21. The average Bonchev–Trinajstić information content (AvgIpc) is 3.23. The molecule has 1 unspecified atom stereocenters. The number of nitro benzene ring substituents is 1. The van der Waals surface area contributed by atoms with E-state index < -0.39 is 35.0 Å². The van der Waals surface area contributed by atoms with Crippen LogP contribution in [0.3, 0.4) is 0 Å². The van der Waals surface area contributed by atoms with Gasteiger partial charge in [-0.1, -0.05) is 10.2 Å². The highest BCUT2D eigenvalue weighted by Gasteiger charge is 2.35. The van der Waals surface area contributed by atoms with Crippen LogP contribution in [-0.4, -0.2) is 36.7 Å². The van der Waals surface area contributed by atoms with Gasteiger partial charge >= 0.3 is 0 Å². The summed E-state index contributed by atoms with van der Waals surface area (Å²) in [6.45, 7) is 0. The number of anilines is 1. The van der Waals surface area contributed by atoms with E-state index in [9.17, 15) is 36.1 Å². The molecular weight excluding hydrogens is 617 g/mol. The van der Waals surface area contributed by atoms with Crippen molar-refractivity contribution in [3.63, 3.8) is 0 Å². The summed E-state index contributed by atoms with van der Waals surface area (Å²) in [5.74, 6) is -0.0635. The Hall–Kier alpha value is -3.16. The summed E-state index contributed by atoms with van der Waals surface area (Å²) in [5.41, 5.74) is 3.61. The van der Waals surface area contributed by atoms with Crippen LogP contribution >= 0.6 is 22.6 Å². The first kappa shape index (κ1) is 24.9. The molecule has 16 heteroatoms. The molecule has 0 amide bonds. The monoisotopic (exact) mass is 632 g/mol. The van der Waals surface area contributed by atoms with Gasteiger partial charge in [0.15, 0.2) is 5.69 Å². The summed E-state index contributed by atoms with van der Waals surface area (Å²) >= 11 is 2.12. The minimum atomic E-state index is -4.94. The molecule has 0 aromatic heterocycles. The van der Waals surface area contributed by atoms with Gasteiger partial charge in [0.2, 0.25) is 5.84 Å². The number of rotatable bonds is 6. The normalized spacial score (nSPS) is 16.0. The highest BCUT2D eigenvalue weighted by Crippen LogP contribution is 2.24. The Morgan fingerprint density at radius 2 is 1.57 bits per heavy atom. The topological polar surface area (TPSA) is 184 Å². The van der Waals surface area contributed by atoms with Crippen molar-refractivity contribution in [1.82, 2.24) is 5.43 Å². The van der Waals surface area contributed by atoms with Gasteiger partial charge in [0.05, 0.1) is 9.82 Å². The van der Waals surface area contributed by atoms with Gasteiger partial charge in [-0.2, -0.15) is 16.8 Å². The van der Waals surface area contributed by atoms with Crippen molar-refractivity contribution in [1.29, 1.82) is 0 Å². The van der Waals surface area contributed by atoms with Gasteiger partial charge in [-0.25, -0.2) is 5.43 Å². The summed E-state index contributed by atoms with van der Waals surface area (Å²) in [4.78, 5) is 8.94.